The van der Waals surface area contributed by atoms with Gasteiger partial charge in [-0.15, -0.1) is 0 Å². The minimum atomic E-state index is -1.49. The van der Waals surface area contributed by atoms with Crippen molar-refractivity contribution in [3.05, 3.63) is 71.8 Å². The van der Waals surface area contributed by atoms with Crippen LogP contribution >= 0.6 is 0 Å². The summed E-state index contributed by atoms with van der Waals surface area (Å²) >= 11 is 0. The molecule has 112 valence electrons. The summed E-state index contributed by atoms with van der Waals surface area (Å²) in [6.45, 7) is 5.80. The van der Waals surface area contributed by atoms with E-state index in [4.69, 9.17) is 4.74 Å². The van der Waals surface area contributed by atoms with Crippen LogP contribution in [0, 0.1) is 0 Å². The number of phenolic OH excluding ortho intramolecular Hbond substituents is 2. The van der Waals surface area contributed by atoms with Gasteiger partial charge in [0.2, 0.25) is 0 Å². The third-order valence-electron chi connectivity index (χ3n) is 3.76. The van der Waals surface area contributed by atoms with Crippen molar-refractivity contribution in [3.8, 4) is 23.0 Å². The SMILES string of the molecule is C=C(/C=C\C)C1(O)c2ccc(O)cc2Oc2cc(O)ccc21. The first-order chi connectivity index (χ1) is 10.5. The molecule has 0 saturated heterocycles. The maximum atomic E-state index is 11.4. The van der Waals surface area contributed by atoms with E-state index in [9.17, 15) is 15.3 Å². The first kappa shape index (κ1) is 14.2. The Kier molecular flexibility index (Phi) is 3.19. The van der Waals surface area contributed by atoms with Crippen LogP contribution in [0.2, 0.25) is 0 Å². The molecule has 0 spiro atoms. The normalized spacial score (nSPS) is 15.0. The molecule has 2 aromatic carbocycles. The van der Waals surface area contributed by atoms with Gasteiger partial charge in [0.05, 0.1) is 0 Å². The summed E-state index contributed by atoms with van der Waals surface area (Å²) in [5, 5.41) is 30.7. The molecule has 4 nitrogen and oxygen atoms in total. The average molecular weight is 296 g/mol. The van der Waals surface area contributed by atoms with Crippen LogP contribution in [0.1, 0.15) is 18.1 Å². The summed E-state index contributed by atoms with van der Waals surface area (Å²) in [5.74, 6) is 0.709. The van der Waals surface area contributed by atoms with Gasteiger partial charge in [-0.3, -0.25) is 0 Å². The van der Waals surface area contributed by atoms with E-state index in [1.807, 2.05) is 6.92 Å². The molecule has 0 unspecified atom stereocenters. The van der Waals surface area contributed by atoms with E-state index in [-0.39, 0.29) is 11.5 Å². The van der Waals surface area contributed by atoms with E-state index < -0.39 is 5.60 Å². The van der Waals surface area contributed by atoms with Gasteiger partial charge < -0.3 is 20.1 Å². The van der Waals surface area contributed by atoms with Gasteiger partial charge in [-0.2, -0.15) is 0 Å². The summed E-state index contributed by atoms with van der Waals surface area (Å²) in [6, 6.07) is 9.04. The third-order valence-corrected chi connectivity index (χ3v) is 3.76. The Balaban J connectivity index is 2.31. The summed E-state index contributed by atoms with van der Waals surface area (Å²) in [7, 11) is 0. The highest BCUT2D eigenvalue weighted by Crippen LogP contribution is 2.51. The summed E-state index contributed by atoms with van der Waals surface area (Å²) in [4.78, 5) is 0. The summed E-state index contributed by atoms with van der Waals surface area (Å²) in [6.07, 6.45) is 3.51. The predicted molar refractivity (Wildman–Crippen MR) is 83.2 cm³/mol. The molecular formula is C18H16O4. The summed E-state index contributed by atoms with van der Waals surface area (Å²) in [5.41, 5.74) is -0.0352. The van der Waals surface area contributed by atoms with Crippen molar-refractivity contribution < 1.29 is 20.1 Å². The molecule has 1 aliphatic rings. The van der Waals surface area contributed by atoms with Crippen LogP contribution in [-0.4, -0.2) is 15.3 Å². The Morgan fingerprint density at radius 2 is 1.55 bits per heavy atom. The van der Waals surface area contributed by atoms with Crippen LogP contribution in [0.15, 0.2) is 60.7 Å². The van der Waals surface area contributed by atoms with Crippen molar-refractivity contribution in [1.82, 2.24) is 0 Å². The second-order valence-corrected chi connectivity index (χ2v) is 5.20. The molecular weight excluding hydrogens is 280 g/mol. The smallest absolute Gasteiger partial charge is 0.147 e. The van der Waals surface area contributed by atoms with Gasteiger partial charge in [-0.05, 0) is 36.8 Å². The number of fused-ring (bicyclic) bond motifs is 2. The zero-order valence-corrected chi connectivity index (χ0v) is 12.1. The largest absolute Gasteiger partial charge is 0.508 e. The number of phenols is 2. The second-order valence-electron chi connectivity index (χ2n) is 5.20. The van der Waals surface area contributed by atoms with Gasteiger partial charge in [0.1, 0.15) is 28.6 Å². The zero-order chi connectivity index (χ0) is 15.9. The highest BCUT2D eigenvalue weighted by atomic mass is 16.5. The Labute approximate surface area is 128 Å². The molecule has 1 aliphatic heterocycles. The lowest BCUT2D eigenvalue weighted by Gasteiger charge is -2.36. The molecule has 0 aromatic heterocycles. The fourth-order valence-corrected chi connectivity index (χ4v) is 2.72. The zero-order valence-electron chi connectivity index (χ0n) is 12.1. The molecule has 0 atom stereocenters. The molecule has 3 N–H and O–H groups in total. The number of hydrogen-bond acceptors (Lipinski definition) is 4. The van der Waals surface area contributed by atoms with Gasteiger partial charge in [0.15, 0.2) is 0 Å². The minimum Gasteiger partial charge on any atom is -0.508 e. The van der Waals surface area contributed by atoms with E-state index in [2.05, 4.69) is 6.58 Å². The van der Waals surface area contributed by atoms with E-state index >= 15 is 0 Å². The van der Waals surface area contributed by atoms with Crippen LogP contribution in [0.25, 0.3) is 0 Å². The molecule has 0 saturated carbocycles. The third kappa shape index (κ3) is 1.96. The van der Waals surface area contributed by atoms with Crippen LogP contribution in [0.3, 0.4) is 0 Å². The standard InChI is InChI=1S/C18H16O4/c1-3-4-11(2)18(21)14-7-5-12(19)9-16(14)22-17-10-13(20)6-8-15(17)18/h3-10,19-21H,2H2,1H3/b4-3-. The monoisotopic (exact) mass is 296 g/mol. The van der Waals surface area contributed by atoms with Crippen LogP contribution in [0.5, 0.6) is 23.0 Å². The molecule has 0 aliphatic carbocycles. The molecule has 2 aromatic rings. The lowest BCUT2D eigenvalue weighted by atomic mass is 9.78. The van der Waals surface area contributed by atoms with Crippen molar-refractivity contribution >= 4 is 0 Å². The Bertz CT molecular complexity index is 738. The van der Waals surface area contributed by atoms with E-state index in [1.165, 1.54) is 24.3 Å². The van der Waals surface area contributed by atoms with Gasteiger partial charge in [0.25, 0.3) is 0 Å². The van der Waals surface area contributed by atoms with Gasteiger partial charge in [-0.25, -0.2) is 0 Å². The predicted octanol–water partition coefficient (Wildman–Crippen LogP) is 3.57. The number of benzene rings is 2. The number of aliphatic hydroxyl groups is 1. The Morgan fingerprint density at radius 1 is 1.05 bits per heavy atom. The molecule has 3 rings (SSSR count). The topological polar surface area (TPSA) is 69.9 Å². The quantitative estimate of drug-likeness (QED) is 0.741. The molecule has 1 heterocycles. The van der Waals surface area contributed by atoms with E-state index in [0.717, 1.165) is 0 Å². The van der Waals surface area contributed by atoms with Crippen LogP contribution in [-0.2, 0) is 5.60 Å². The first-order valence-corrected chi connectivity index (χ1v) is 6.86. The molecule has 0 radical (unpaired) electrons. The maximum Gasteiger partial charge on any atom is 0.147 e. The van der Waals surface area contributed by atoms with Crippen LogP contribution in [0.4, 0.5) is 0 Å². The van der Waals surface area contributed by atoms with Crippen molar-refractivity contribution in [3.63, 3.8) is 0 Å². The lowest BCUT2D eigenvalue weighted by molar-refractivity contribution is 0.112. The Morgan fingerprint density at radius 3 is 2.00 bits per heavy atom. The van der Waals surface area contributed by atoms with Crippen molar-refractivity contribution in [2.75, 3.05) is 0 Å². The number of hydrogen-bond donors (Lipinski definition) is 3. The first-order valence-electron chi connectivity index (χ1n) is 6.86. The van der Waals surface area contributed by atoms with Crippen molar-refractivity contribution in [2.24, 2.45) is 0 Å². The average Bonchev–Trinajstić information content (AvgIpc) is 2.46. The molecule has 0 amide bonds. The number of rotatable bonds is 2. The number of allylic oxidation sites excluding steroid dienone is 1. The highest BCUT2D eigenvalue weighted by molar-refractivity contribution is 5.63. The van der Waals surface area contributed by atoms with Gasteiger partial charge >= 0.3 is 0 Å². The molecule has 4 heteroatoms. The van der Waals surface area contributed by atoms with E-state index in [0.29, 0.717) is 28.2 Å². The van der Waals surface area contributed by atoms with Gasteiger partial charge in [-0.1, -0.05) is 18.7 Å². The fourth-order valence-electron chi connectivity index (χ4n) is 2.72. The highest BCUT2D eigenvalue weighted by Gasteiger charge is 2.42. The van der Waals surface area contributed by atoms with Crippen molar-refractivity contribution in [1.29, 1.82) is 0 Å². The second kappa shape index (κ2) is 4.93. The Hall–Kier alpha value is -2.72. The number of ether oxygens (including phenoxy) is 1. The van der Waals surface area contributed by atoms with Crippen molar-refractivity contribution in [2.45, 2.75) is 12.5 Å². The number of aromatic hydroxyl groups is 2. The fraction of sp³-hybridized carbons (Fsp3) is 0.111. The molecule has 0 bridgehead atoms. The lowest BCUT2D eigenvalue weighted by Crippen LogP contribution is -2.32. The maximum absolute atomic E-state index is 11.4. The van der Waals surface area contributed by atoms with E-state index in [1.54, 1.807) is 24.3 Å². The molecule has 22 heavy (non-hydrogen) atoms. The minimum absolute atomic E-state index is 0.0290. The summed E-state index contributed by atoms with van der Waals surface area (Å²) < 4.78 is 5.72. The van der Waals surface area contributed by atoms with Crippen LogP contribution < -0.4 is 4.74 Å². The molecule has 0 fully saturated rings. The van der Waals surface area contributed by atoms with Gasteiger partial charge in [0, 0.05) is 23.3 Å².